The summed E-state index contributed by atoms with van der Waals surface area (Å²) in [6.07, 6.45) is 3.86. The first-order valence-corrected chi connectivity index (χ1v) is 8.19. The monoisotopic (exact) mass is 353 g/mol. The first-order chi connectivity index (χ1) is 12.5. The fourth-order valence-corrected chi connectivity index (χ4v) is 2.39. The number of aryl methyl sites for hydroxylation is 1. The third kappa shape index (κ3) is 4.21. The molecule has 1 aliphatic heterocycles. The lowest BCUT2D eigenvalue weighted by molar-refractivity contribution is -0.130. The number of carbonyl (C=O) groups excluding carboxylic acids is 2. The molecule has 8 heteroatoms. The SMILES string of the molecule is Cc1ccc(Oc2ncccc2CNC(=O)C2=NN(C)C(=O)CC2)cn1. The minimum atomic E-state index is -0.309. The molecule has 0 atom stereocenters. The van der Waals surface area contributed by atoms with Crippen LogP contribution in [0.2, 0.25) is 0 Å². The molecule has 0 unspecified atom stereocenters. The normalized spacial score (nSPS) is 14.0. The maximum atomic E-state index is 12.3. The Morgan fingerprint density at radius 2 is 2.12 bits per heavy atom. The Hall–Kier alpha value is -3.29. The summed E-state index contributed by atoms with van der Waals surface area (Å²) >= 11 is 0. The Balaban J connectivity index is 1.67. The van der Waals surface area contributed by atoms with Gasteiger partial charge in [0.25, 0.3) is 5.91 Å². The summed E-state index contributed by atoms with van der Waals surface area (Å²) in [5.41, 5.74) is 1.95. The van der Waals surface area contributed by atoms with Crippen LogP contribution in [0.4, 0.5) is 0 Å². The Labute approximate surface area is 150 Å². The summed E-state index contributed by atoms with van der Waals surface area (Å²) in [5, 5.41) is 8.00. The van der Waals surface area contributed by atoms with E-state index in [0.717, 1.165) is 11.3 Å². The lowest BCUT2D eigenvalue weighted by Gasteiger charge is -2.19. The van der Waals surface area contributed by atoms with E-state index in [0.29, 0.717) is 23.8 Å². The van der Waals surface area contributed by atoms with E-state index >= 15 is 0 Å². The second-order valence-electron chi connectivity index (χ2n) is 5.85. The van der Waals surface area contributed by atoms with Crippen molar-refractivity contribution in [1.29, 1.82) is 0 Å². The van der Waals surface area contributed by atoms with Gasteiger partial charge in [0.2, 0.25) is 11.8 Å². The van der Waals surface area contributed by atoms with Crippen LogP contribution < -0.4 is 10.1 Å². The van der Waals surface area contributed by atoms with Gasteiger partial charge in [0.05, 0.1) is 6.20 Å². The number of nitrogens with zero attached hydrogens (tertiary/aromatic N) is 4. The van der Waals surface area contributed by atoms with Crippen LogP contribution in [0.3, 0.4) is 0 Å². The second kappa shape index (κ2) is 7.73. The van der Waals surface area contributed by atoms with E-state index < -0.39 is 0 Å². The zero-order valence-corrected chi connectivity index (χ0v) is 14.6. The third-order valence-electron chi connectivity index (χ3n) is 3.86. The number of nitrogens with one attached hydrogen (secondary N) is 1. The van der Waals surface area contributed by atoms with E-state index in [1.165, 1.54) is 12.1 Å². The first-order valence-electron chi connectivity index (χ1n) is 8.19. The van der Waals surface area contributed by atoms with Gasteiger partial charge in [-0.1, -0.05) is 6.07 Å². The summed E-state index contributed by atoms with van der Waals surface area (Å²) in [7, 11) is 1.54. The molecule has 2 aromatic heterocycles. The molecule has 0 saturated carbocycles. The molecule has 1 aliphatic rings. The van der Waals surface area contributed by atoms with Crippen LogP contribution in [-0.2, 0) is 16.1 Å². The summed E-state index contributed by atoms with van der Waals surface area (Å²) in [5.74, 6) is 0.558. The fourth-order valence-electron chi connectivity index (χ4n) is 2.39. The molecular weight excluding hydrogens is 334 g/mol. The number of amides is 2. The number of hydrogen-bond acceptors (Lipinski definition) is 6. The van der Waals surface area contributed by atoms with Gasteiger partial charge in [-0.25, -0.2) is 9.99 Å². The fraction of sp³-hybridized carbons (Fsp3) is 0.278. The highest BCUT2D eigenvalue weighted by molar-refractivity contribution is 6.39. The first kappa shape index (κ1) is 17.5. The predicted octanol–water partition coefficient (Wildman–Crippen LogP) is 1.80. The van der Waals surface area contributed by atoms with Crippen LogP contribution in [-0.4, -0.2) is 39.6 Å². The van der Waals surface area contributed by atoms with E-state index in [1.54, 1.807) is 18.5 Å². The van der Waals surface area contributed by atoms with Crippen molar-refractivity contribution in [3.63, 3.8) is 0 Å². The van der Waals surface area contributed by atoms with Crippen molar-refractivity contribution in [2.75, 3.05) is 7.05 Å². The van der Waals surface area contributed by atoms with Crippen molar-refractivity contribution < 1.29 is 14.3 Å². The summed E-state index contributed by atoms with van der Waals surface area (Å²) < 4.78 is 5.77. The van der Waals surface area contributed by atoms with E-state index in [1.807, 2.05) is 25.1 Å². The summed E-state index contributed by atoms with van der Waals surface area (Å²) in [4.78, 5) is 32.1. The van der Waals surface area contributed by atoms with Crippen LogP contribution in [0.15, 0.2) is 41.8 Å². The van der Waals surface area contributed by atoms with E-state index in [4.69, 9.17) is 4.74 Å². The van der Waals surface area contributed by atoms with Gasteiger partial charge in [-0.2, -0.15) is 5.10 Å². The van der Waals surface area contributed by atoms with Crippen molar-refractivity contribution >= 4 is 17.5 Å². The molecular formula is C18H19N5O3. The molecule has 3 rings (SSSR count). The predicted molar refractivity (Wildman–Crippen MR) is 94.6 cm³/mol. The maximum Gasteiger partial charge on any atom is 0.267 e. The highest BCUT2D eigenvalue weighted by atomic mass is 16.5. The van der Waals surface area contributed by atoms with Gasteiger partial charge in [-0.05, 0) is 25.1 Å². The topological polar surface area (TPSA) is 96.8 Å². The van der Waals surface area contributed by atoms with Crippen molar-refractivity contribution in [2.45, 2.75) is 26.3 Å². The molecule has 2 amide bonds. The molecule has 1 N–H and O–H groups in total. The highest BCUT2D eigenvalue weighted by Crippen LogP contribution is 2.22. The van der Waals surface area contributed by atoms with Crippen LogP contribution in [0.1, 0.15) is 24.1 Å². The Bertz CT molecular complexity index is 848. The van der Waals surface area contributed by atoms with Crippen LogP contribution in [0.5, 0.6) is 11.6 Å². The Morgan fingerprint density at radius 3 is 2.85 bits per heavy atom. The minimum Gasteiger partial charge on any atom is -0.437 e. The standard InChI is InChI=1S/C18H19N5O3/c1-12-5-6-14(11-20-12)26-18-13(4-3-9-19-18)10-21-17(25)15-7-8-16(24)23(2)22-15/h3-6,9,11H,7-8,10H2,1-2H3,(H,21,25). The molecule has 0 aromatic carbocycles. The second-order valence-corrected chi connectivity index (χ2v) is 5.85. The number of pyridine rings is 2. The lowest BCUT2D eigenvalue weighted by Crippen LogP contribution is -2.37. The maximum absolute atomic E-state index is 12.3. The van der Waals surface area contributed by atoms with Crippen molar-refractivity contribution in [2.24, 2.45) is 5.10 Å². The molecule has 0 spiro atoms. The molecule has 2 aromatic rings. The minimum absolute atomic E-state index is 0.101. The summed E-state index contributed by atoms with van der Waals surface area (Å²) in [6.45, 7) is 2.13. The molecule has 26 heavy (non-hydrogen) atoms. The summed E-state index contributed by atoms with van der Waals surface area (Å²) in [6, 6.07) is 7.25. The van der Waals surface area contributed by atoms with Crippen LogP contribution >= 0.6 is 0 Å². The van der Waals surface area contributed by atoms with Crippen LogP contribution in [0.25, 0.3) is 0 Å². The van der Waals surface area contributed by atoms with E-state index in [9.17, 15) is 9.59 Å². The van der Waals surface area contributed by atoms with Gasteiger partial charge in [0.1, 0.15) is 11.5 Å². The number of aromatic nitrogens is 2. The number of carbonyl (C=O) groups is 2. The van der Waals surface area contributed by atoms with Gasteiger partial charge in [-0.3, -0.25) is 14.6 Å². The average Bonchev–Trinajstić information content (AvgIpc) is 2.65. The number of hydrogen-bond donors (Lipinski definition) is 1. The largest absolute Gasteiger partial charge is 0.437 e. The molecule has 3 heterocycles. The quantitative estimate of drug-likeness (QED) is 0.884. The number of hydrazone groups is 1. The Kier molecular flexibility index (Phi) is 5.21. The molecule has 8 nitrogen and oxygen atoms in total. The molecule has 0 bridgehead atoms. The molecule has 0 aliphatic carbocycles. The Morgan fingerprint density at radius 1 is 1.27 bits per heavy atom. The molecule has 0 fully saturated rings. The zero-order valence-electron chi connectivity index (χ0n) is 14.6. The number of rotatable bonds is 5. The molecule has 0 saturated heterocycles. The molecule has 0 radical (unpaired) electrons. The van der Waals surface area contributed by atoms with Gasteiger partial charge in [-0.15, -0.1) is 0 Å². The highest BCUT2D eigenvalue weighted by Gasteiger charge is 2.22. The van der Waals surface area contributed by atoms with Crippen molar-refractivity contribution in [3.8, 4) is 11.6 Å². The van der Waals surface area contributed by atoms with Gasteiger partial charge in [0, 0.05) is 43.9 Å². The van der Waals surface area contributed by atoms with Crippen molar-refractivity contribution in [3.05, 3.63) is 47.9 Å². The van der Waals surface area contributed by atoms with Crippen LogP contribution in [0, 0.1) is 6.92 Å². The van der Waals surface area contributed by atoms with Gasteiger partial charge < -0.3 is 10.1 Å². The smallest absolute Gasteiger partial charge is 0.267 e. The molecule has 134 valence electrons. The third-order valence-corrected chi connectivity index (χ3v) is 3.86. The van der Waals surface area contributed by atoms with E-state index in [-0.39, 0.29) is 24.8 Å². The lowest BCUT2D eigenvalue weighted by atomic mass is 10.1. The zero-order chi connectivity index (χ0) is 18.5. The average molecular weight is 353 g/mol. The number of ether oxygens (including phenoxy) is 1. The van der Waals surface area contributed by atoms with Crippen molar-refractivity contribution in [1.82, 2.24) is 20.3 Å². The van der Waals surface area contributed by atoms with Gasteiger partial charge in [0.15, 0.2) is 0 Å². The van der Waals surface area contributed by atoms with Gasteiger partial charge >= 0.3 is 0 Å². The van der Waals surface area contributed by atoms with E-state index in [2.05, 4.69) is 20.4 Å².